The van der Waals surface area contributed by atoms with Crippen LogP contribution >= 0.6 is 0 Å². The van der Waals surface area contributed by atoms with Crippen molar-refractivity contribution in [3.8, 4) is 0 Å². The number of fused-ring (bicyclic) bond motifs is 1. The first kappa shape index (κ1) is 13.4. The first-order valence-corrected chi connectivity index (χ1v) is 7.09. The van der Waals surface area contributed by atoms with Crippen molar-refractivity contribution in [1.29, 1.82) is 0 Å². The van der Waals surface area contributed by atoms with Gasteiger partial charge in [-0.25, -0.2) is 4.79 Å². The number of carbonyl (C=O) groups excluding carboxylic acids is 1. The van der Waals surface area contributed by atoms with Crippen LogP contribution in [0.1, 0.15) is 23.0 Å². The van der Waals surface area contributed by atoms with E-state index >= 15 is 0 Å². The number of benzene rings is 2. The van der Waals surface area contributed by atoms with Gasteiger partial charge in [-0.2, -0.15) is 0 Å². The normalized spacial score (nSPS) is 10.7. The summed E-state index contributed by atoms with van der Waals surface area (Å²) in [4.78, 5) is 12.2. The Labute approximate surface area is 123 Å². The standard InChI is InChI=1S/C18H17NO2/c1-2-21-18(20)17-12-15-10-6-7-11-16(15)19(17)13-14-8-4-3-5-9-14/h3-12H,2,13H2,1H3. The first-order chi connectivity index (χ1) is 10.3. The van der Waals surface area contributed by atoms with E-state index in [0.717, 1.165) is 16.5 Å². The quantitative estimate of drug-likeness (QED) is 0.679. The molecule has 0 aliphatic rings. The van der Waals surface area contributed by atoms with Gasteiger partial charge < -0.3 is 9.30 Å². The van der Waals surface area contributed by atoms with E-state index < -0.39 is 0 Å². The Hall–Kier alpha value is -2.55. The highest BCUT2D eigenvalue weighted by molar-refractivity contribution is 5.95. The lowest BCUT2D eigenvalue weighted by Gasteiger charge is -2.10. The molecule has 0 spiro atoms. The highest BCUT2D eigenvalue weighted by Gasteiger charge is 2.16. The molecule has 3 heteroatoms. The summed E-state index contributed by atoms with van der Waals surface area (Å²) < 4.78 is 7.19. The number of esters is 1. The predicted molar refractivity (Wildman–Crippen MR) is 83.4 cm³/mol. The summed E-state index contributed by atoms with van der Waals surface area (Å²) in [5.41, 5.74) is 2.80. The number of aromatic nitrogens is 1. The van der Waals surface area contributed by atoms with Crippen LogP contribution in [0.5, 0.6) is 0 Å². The summed E-state index contributed by atoms with van der Waals surface area (Å²) in [5, 5.41) is 1.05. The van der Waals surface area contributed by atoms with Crippen molar-refractivity contribution in [3.63, 3.8) is 0 Å². The fraction of sp³-hybridized carbons (Fsp3) is 0.167. The van der Waals surface area contributed by atoms with Gasteiger partial charge in [-0.15, -0.1) is 0 Å². The Bertz CT molecular complexity index is 759. The second-order valence-electron chi connectivity index (χ2n) is 4.88. The lowest BCUT2D eigenvalue weighted by molar-refractivity contribution is 0.0515. The summed E-state index contributed by atoms with van der Waals surface area (Å²) in [6, 6.07) is 20.0. The Balaban J connectivity index is 2.09. The minimum Gasteiger partial charge on any atom is -0.461 e. The topological polar surface area (TPSA) is 31.2 Å². The van der Waals surface area contributed by atoms with E-state index in [9.17, 15) is 4.79 Å². The van der Waals surface area contributed by atoms with E-state index in [2.05, 4.69) is 12.1 Å². The van der Waals surface area contributed by atoms with Gasteiger partial charge in [-0.3, -0.25) is 0 Å². The van der Waals surface area contributed by atoms with Gasteiger partial charge in [-0.1, -0.05) is 48.5 Å². The number of ether oxygens (including phenoxy) is 1. The van der Waals surface area contributed by atoms with Crippen molar-refractivity contribution in [3.05, 3.63) is 71.9 Å². The fourth-order valence-electron chi connectivity index (χ4n) is 2.52. The zero-order valence-electron chi connectivity index (χ0n) is 12.0. The van der Waals surface area contributed by atoms with Crippen LogP contribution in [0.4, 0.5) is 0 Å². The fourth-order valence-corrected chi connectivity index (χ4v) is 2.52. The number of hydrogen-bond donors (Lipinski definition) is 0. The van der Waals surface area contributed by atoms with Gasteiger partial charge in [0.15, 0.2) is 0 Å². The molecule has 21 heavy (non-hydrogen) atoms. The van der Waals surface area contributed by atoms with Crippen LogP contribution in [0.15, 0.2) is 60.7 Å². The third-order valence-electron chi connectivity index (χ3n) is 3.48. The molecular formula is C18H17NO2. The van der Waals surface area contributed by atoms with Gasteiger partial charge in [0.25, 0.3) is 0 Å². The molecule has 0 aliphatic heterocycles. The molecule has 0 amide bonds. The Morgan fingerprint density at radius 1 is 1.05 bits per heavy atom. The molecule has 3 aromatic rings. The monoisotopic (exact) mass is 279 g/mol. The van der Waals surface area contributed by atoms with Crippen molar-refractivity contribution >= 4 is 16.9 Å². The molecule has 0 unspecified atom stereocenters. The summed E-state index contributed by atoms with van der Waals surface area (Å²) in [6.07, 6.45) is 0. The van der Waals surface area contributed by atoms with Crippen molar-refractivity contribution < 1.29 is 9.53 Å². The van der Waals surface area contributed by atoms with Crippen molar-refractivity contribution in [2.75, 3.05) is 6.61 Å². The Morgan fingerprint density at radius 2 is 1.76 bits per heavy atom. The highest BCUT2D eigenvalue weighted by Crippen LogP contribution is 2.22. The first-order valence-electron chi connectivity index (χ1n) is 7.09. The summed E-state index contributed by atoms with van der Waals surface area (Å²) in [7, 11) is 0. The Kier molecular flexibility index (Phi) is 3.73. The molecule has 0 saturated heterocycles. The van der Waals surface area contributed by atoms with Gasteiger partial charge in [-0.05, 0) is 24.6 Å². The minimum absolute atomic E-state index is 0.273. The maximum Gasteiger partial charge on any atom is 0.354 e. The molecule has 0 bridgehead atoms. The van der Waals surface area contributed by atoms with E-state index in [1.54, 1.807) is 0 Å². The predicted octanol–water partition coefficient (Wildman–Crippen LogP) is 3.87. The average Bonchev–Trinajstić information content (AvgIpc) is 2.88. The minimum atomic E-state index is -0.273. The number of carbonyl (C=O) groups is 1. The lowest BCUT2D eigenvalue weighted by atomic mass is 10.2. The molecule has 0 N–H and O–H groups in total. The highest BCUT2D eigenvalue weighted by atomic mass is 16.5. The second-order valence-corrected chi connectivity index (χ2v) is 4.88. The van der Waals surface area contributed by atoms with Gasteiger partial charge in [0.2, 0.25) is 0 Å². The van der Waals surface area contributed by atoms with Crippen molar-refractivity contribution in [2.45, 2.75) is 13.5 Å². The van der Waals surface area contributed by atoms with Crippen LogP contribution in [0.2, 0.25) is 0 Å². The average molecular weight is 279 g/mol. The van der Waals surface area contributed by atoms with E-state index in [-0.39, 0.29) is 5.97 Å². The van der Waals surface area contributed by atoms with Crippen molar-refractivity contribution in [1.82, 2.24) is 4.57 Å². The number of para-hydroxylation sites is 1. The van der Waals surface area contributed by atoms with E-state index in [1.165, 1.54) is 0 Å². The molecule has 0 fully saturated rings. The maximum absolute atomic E-state index is 12.2. The van der Waals surface area contributed by atoms with E-state index in [1.807, 2.05) is 60.0 Å². The molecule has 106 valence electrons. The summed E-state index contributed by atoms with van der Waals surface area (Å²) in [5.74, 6) is -0.273. The number of hydrogen-bond acceptors (Lipinski definition) is 2. The zero-order chi connectivity index (χ0) is 14.7. The third kappa shape index (κ3) is 2.68. The van der Waals surface area contributed by atoms with Crippen LogP contribution in [-0.4, -0.2) is 17.1 Å². The molecule has 0 atom stereocenters. The molecule has 0 aliphatic carbocycles. The van der Waals surface area contributed by atoms with Crippen LogP contribution in [0.3, 0.4) is 0 Å². The van der Waals surface area contributed by atoms with Crippen LogP contribution in [0.25, 0.3) is 10.9 Å². The molecule has 0 saturated carbocycles. The van der Waals surface area contributed by atoms with E-state index in [4.69, 9.17) is 4.74 Å². The summed E-state index contributed by atoms with van der Waals surface area (Å²) in [6.45, 7) is 2.86. The third-order valence-corrected chi connectivity index (χ3v) is 3.48. The number of rotatable bonds is 4. The van der Waals surface area contributed by atoms with Crippen LogP contribution < -0.4 is 0 Å². The molecule has 3 rings (SSSR count). The summed E-state index contributed by atoms with van der Waals surface area (Å²) >= 11 is 0. The SMILES string of the molecule is CCOC(=O)c1cc2ccccc2n1Cc1ccccc1. The molecular weight excluding hydrogens is 262 g/mol. The number of nitrogens with zero attached hydrogens (tertiary/aromatic N) is 1. The molecule has 1 heterocycles. The Morgan fingerprint density at radius 3 is 2.52 bits per heavy atom. The lowest BCUT2D eigenvalue weighted by Crippen LogP contribution is -2.12. The zero-order valence-corrected chi connectivity index (χ0v) is 12.0. The van der Waals surface area contributed by atoms with Crippen LogP contribution in [-0.2, 0) is 11.3 Å². The van der Waals surface area contributed by atoms with Gasteiger partial charge in [0.05, 0.1) is 6.61 Å². The van der Waals surface area contributed by atoms with Crippen LogP contribution in [0, 0.1) is 0 Å². The van der Waals surface area contributed by atoms with Gasteiger partial charge in [0.1, 0.15) is 5.69 Å². The molecule has 0 radical (unpaired) electrons. The van der Waals surface area contributed by atoms with Gasteiger partial charge in [0, 0.05) is 17.4 Å². The van der Waals surface area contributed by atoms with Gasteiger partial charge >= 0.3 is 5.97 Å². The maximum atomic E-state index is 12.2. The largest absolute Gasteiger partial charge is 0.461 e. The molecule has 2 aromatic carbocycles. The van der Waals surface area contributed by atoms with E-state index in [0.29, 0.717) is 18.8 Å². The smallest absolute Gasteiger partial charge is 0.354 e. The molecule has 1 aromatic heterocycles. The van der Waals surface area contributed by atoms with Crippen molar-refractivity contribution in [2.24, 2.45) is 0 Å². The molecule has 3 nitrogen and oxygen atoms in total. The second kappa shape index (κ2) is 5.83.